The summed E-state index contributed by atoms with van der Waals surface area (Å²) < 4.78 is 0. The molecule has 0 amide bonds. The number of carboxylic acid groups (broad SMARTS) is 1. The van der Waals surface area contributed by atoms with Crippen LogP contribution in [0.3, 0.4) is 0 Å². The Morgan fingerprint density at radius 3 is 2.47 bits per heavy atom. The molecule has 0 unspecified atom stereocenters. The second-order valence-corrected chi connectivity index (χ2v) is 6.27. The first-order valence-electron chi connectivity index (χ1n) is 6.68. The Morgan fingerprint density at radius 2 is 2.00 bits per heavy atom. The van der Waals surface area contributed by atoms with Gasteiger partial charge in [-0.1, -0.05) is 20.3 Å². The average molecular weight is 259 g/mol. The number of likely N-dealkylation sites (tertiary alicyclic amines) is 1. The molecule has 1 aliphatic heterocycles. The van der Waals surface area contributed by atoms with E-state index in [4.69, 9.17) is 0 Å². The Bertz CT molecular complexity index is 238. The van der Waals surface area contributed by atoms with Gasteiger partial charge in [0, 0.05) is 12.3 Å². The number of nitrogens with zero attached hydrogens (tertiary/aromatic N) is 1. The van der Waals surface area contributed by atoms with Crippen molar-refractivity contribution in [2.75, 3.05) is 31.1 Å². The summed E-state index contributed by atoms with van der Waals surface area (Å²) in [5.41, 5.74) is -0.427. The summed E-state index contributed by atoms with van der Waals surface area (Å²) in [4.78, 5) is 13.8. The highest BCUT2D eigenvalue weighted by molar-refractivity contribution is 7.99. The predicted molar refractivity (Wildman–Crippen MR) is 73.6 cm³/mol. The zero-order chi connectivity index (χ0) is 12.7. The van der Waals surface area contributed by atoms with Gasteiger partial charge in [0.1, 0.15) is 0 Å². The smallest absolute Gasteiger partial charge is 0.309 e. The van der Waals surface area contributed by atoms with Gasteiger partial charge in [0.2, 0.25) is 0 Å². The van der Waals surface area contributed by atoms with E-state index < -0.39 is 11.4 Å². The molecule has 1 saturated heterocycles. The lowest BCUT2D eigenvalue weighted by atomic mass is 9.75. The first-order valence-corrected chi connectivity index (χ1v) is 7.83. The molecule has 1 fully saturated rings. The number of hydrogen-bond acceptors (Lipinski definition) is 3. The van der Waals surface area contributed by atoms with Gasteiger partial charge in [-0.3, -0.25) is 4.79 Å². The molecule has 100 valence electrons. The van der Waals surface area contributed by atoms with Gasteiger partial charge in [-0.15, -0.1) is 0 Å². The molecule has 0 bridgehead atoms. The predicted octanol–water partition coefficient (Wildman–Crippen LogP) is 2.71. The van der Waals surface area contributed by atoms with Crippen LogP contribution in [0.25, 0.3) is 0 Å². The van der Waals surface area contributed by atoms with Crippen LogP contribution in [0.4, 0.5) is 0 Å². The maximum absolute atomic E-state index is 11.4. The van der Waals surface area contributed by atoms with Crippen molar-refractivity contribution in [3.05, 3.63) is 0 Å². The van der Waals surface area contributed by atoms with Gasteiger partial charge < -0.3 is 10.0 Å². The second kappa shape index (κ2) is 7.27. The molecule has 1 heterocycles. The van der Waals surface area contributed by atoms with E-state index in [1.807, 2.05) is 11.8 Å². The van der Waals surface area contributed by atoms with Crippen LogP contribution in [-0.4, -0.2) is 47.1 Å². The van der Waals surface area contributed by atoms with Gasteiger partial charge in [-0.2, -0.15) is 11.8 Å². The van der Waals surface area contributed by atoms with Crippen LogP contribution >= 0.6 is 11.8 Å². The first-order chi connectivity index (χ1) is 8.14. The summed E-state index contributed by atoms with van der Waals surface area (Å²) in [6.07, 6.45) is 3.46. The monoisotopic (exact) mass is 259 g/mol. The van der Waals surface area contributed by atoms with Gasteiger partial charge in [-0.05, 0) is 38.1 Å². The fraction of sp³-hybridized carbons (Fsp3) is 0.923. The molecule has 4 heteroatoms. The fourth-order valence-electron chi connectivity index (χ4n) is 2.59. The minimum Gasteiger partial charge on any atom is -0.481 e. The fourth-order valence-corrected chi connectivity index (χ4v) is 3.27. The van der Waals surface area contributed by atoms with Gasteiger partial charge in [-0.25, -0.2) is 0 Å². The second-order valence-electron chi connectivity index (χ2n) is 4.87. The average Bonchev–Trinajstić information content (AvgIpc) is 2.32. The largest absolute Gasteiger partial charge is 0.481 e. The van der Waals surface area contributed by atoms with E-state index in [1.54, 1.807) is 0 Å². The molecule has 0 atom stereocenters. The quantitative estimate of drug-likeness (QED) is 0.714. The van der Waals surface area contributed by atoms with Gasteiger partial charge >= 0.3 is 5.97 Å². The van der Waals surface area contributed by atoms with Crippen LogP contribution in [0, 0.1) is 5.41 Å². The van der Waals surface area contributed by atoms with Crippen molar-refractivity contribution in [2.24, 2.45) is 5.41 Å². The molecular formula is C13H25NO2S. The maximum Gasteiger partial charge on any atom is 0.309 e. The van der Waals surface area contributed by atoms with E-state index in [0.717, 1.165) is 45.3 Å². The third kappa shape index (κ3) is 4.18. The third-order valence-corrected chi connectivity index (χ3v) is 4.63. The lowest BCUT2D eigenvalue weighted by molar-refractivity contribution is -0.152. The standard InChI is InChI=1S/C13H25NO2S/c1-3-5-13(12(15)16)6-8-14(9-7-13)10-11-17-4-2/h3-11H2,1-2H3,(H,15,16). The van der Waals surface area contributed by atoms with Gasteiger partial charge in [0.15, 0.2) is 0 Å². The first kappa shape index (κ1) is 14.8. The normalized spacial score (nSPS) is 20.4. The zero-order valence-electron chi connectivity index (χ0n) is 11.1. The van der Waals surface area contributed by atoms with Crippen LogP contribution in [-0.2, 0) is 4.79 Å². The molecule has 0 saturated carbocycles. The summed E-state index contributed by atoms with van der Waals surface area (Å²) >= 11 is 1.96. The van der Waals surface area contributed by atoms with Gasteiger partial charge in [0.25, 0.3) is 0 Å². The molecule has 1 aliphatic rings. The molecule has 0 spiro atoms. The molecule has 0 aromatic heterocycles. The number of carbonyl (C=O) groups is 1. The molecule has 0 radical (unpaired) electrons. The minimum atomic E-state index is -0.582. The SMILES string of the molecule is CCCC1(C(=O)O)CCN(CCSCC)CC1. The summed E-state index contributed by atoms with van der Waals surface area (Å²) in [6.45, 7) is 7.28. The van der Waals surface area contributed by atoms with Crippen molar-refractivity contribution >= 4 is 17.7 Å². The van der Waals surface area contributed by atoms with Crippen molar-refractivity contribution in [3.63, 3.8) is 0 Å². The number of carboxylic acids is 1. The molecule has 1 rings (SSSR count). The topological polar surface area (TPSA) is 40.5 Å². The molecule has 0 aromatic rings. The zero-order valence-corrected chi connectivity index (χ0v) is 11.9. The van der Waals surface area contributed by atoms with Crippen molar-refractivity contribution in [2.45, 2.75) is 39.5 Å². The van der Waals surface area contributed by atoms with Crippen LogP contribution in [0.15, 0.2) is 0 Å². The van der Waals surface area contributed by atoms with Crippen LogP contribution in [0.1, 0.15) is 39.5 Å². The summed E-state index contributed by atoms with van der Waals surface area (Å²) in [7, 11) is 0. The Morgan fingerprint density at radius 1 is 1.35 bits per heavy atom. The number of thioether (sulfide) groups is 1. The molecule has 3 nitrogen and oxygen atoms in total. The summed E-state index contributed by atoms with van der Waals surface area (Å²) in [5.74, 6) is 1.76. The molecular weight excluding hydrogens is 234 g/mol. The lowest BCUT2D eigenvalue weighted by Gasteiger charge is -2.38. The number of hydrogen-bond donors (Lipinski definition) is 1. The Kier molecular flexibility index (Phi) is 6.34. The highest BCUT2D eigenvalue weighted by atomic mass is 32.2. The summed E-state index contributed by atoms with van der Waals surface area (Å²) in [5, 5.41) is 9.40. The maximum atomic E-state index is 11.4. The number of rotatable bonds is 7. The van der Waals surface area contributed by atoms with Crippen LogP contribution < -0.4 is 0 Å². The van der Waals surface area contributed by atoms with Crippen molar-refractivity contribution < 1.29 is 9.90 Å². The molecule has 17 heavy (non-hydrogen) atoms. The number of aliphatic carboxylic acids is 1. The third-order valence-electron chi connectivity index (χ3n) is 3.75. The lowest BCUT2D eigenvalue weighted by Crippen LogP contribution is -2.45. The molecule has 0 aromatic carbocycles. The highest BCUT2D eigenvalue weighted by Crippen LogP contribution is 2.36. The minimum absolute atomic E-state index is 0.427. The van der Waals surface area contributed by atoms with Crippen LogP contribution in [0.5, 0.6) is 0 Å². The molecule has 1 N–H and O–H groups in total. The van der Waals surface area contributed by atoms with E-state index in [-0.39, 0.29) is 0 Å². The van der Waals surface area contributed by atoms with Crippen LogP contribution in [0.2, 0.25) is 0 Å². The van der Waals surface area contributed by atoms with E-state index >= 15 is 0 Å². The van der Waals surface area contributed by atoms with E-state index in [0.29, 0.717) is 0 Å². The van der Waals surface area contributed by atoms with Gasteiger partial charge in [0.05, 0.1) is 5.41 Å². The van der Waals surface area contributed by atoms with E-state index in [2.05, 4.69) is 18.7 Å². The Hall–Kier alpha value is -0.220. The number of piperidine rings is 1. The summed E-state index contributed by atoms with van der Waals surface area (Å²) in [6, 6.07) is 0. The van der Waals surface area contributed by atoms with Crippen molar-refractivity contribution in [1.29, 1.82) is 0 Å². The highest BCUT2D eigenvalue weighted by Gasteiger charge is 2.40. The van der Waals surface area contributed by atoms with E-state index in [9.17, 15) is 9.90 Å². The Balaban J connectivity index is 2.39. The molecule has 0 aliphatic carbocycles. The van der Waals surface area contributed by atoms with Crippen molar-refractivity contribution in [1.82, 2.24) is 4.90 Å². The van der Waals surface area contributed by atoms with Crippen molar-refractivity contribution in [3.8, 4) is 0 Å². The Labute approximate surface area is 109 Å². The van der Waals surface area contributed by atoms with E-state index in [1.165, 1.54) is 11.5 Å².